The van der Waals surface area contributed by atoms with E-state index in [1.165, 1.54) is 11.3 Å². The molecule has 0 radical (unpaired) electrons. The molecule has 1 aliphatic rings. The third kappa shape index (κ3) is 2.46. The first kappa shape index (κ1) is 12.9. The lowest BCUT2D eigenvalue weighted by atomic mass is 9.99. The second kappa shape index (κ2) is 5.13. The summed E-state index contributed by atoms with van der Waals surface area (Å²) in [6.07, 6.45) is 4.11. The van der Waals surface area contributed by atoms with E-state index >= 15 is 0 Å². The van der Waals surface area contributed by atoms with Gasteiger partial charge in [-0.05, 0) is 37.0 Å². The van der Waals surface area contributed by atoms with Gasteiger partial charge in [0, 0.05) is 11.8 Å². The van der Waals surface area contributed by atoms with Crippen molar-refractivity contribution >= 4 is 28.8 Å². The predicted molar refractivity (Wildman–Crippen MR) is 76.1 cm³/mol. The first-order valence-corrected chi connectivity index (χ1v) is 7.33. The molecule has 0 saturated carbocycles. The van der Waals surface area contributed by atoms with Crippen LogP contribution in [-0.4, -0.2) is 11.8 Å². The summed E-state index contributed by atoms with van der Waals surface area (Å²) in [5, 5.41) is 4.39. The second-order valence-electron chi connectivity index (χ2n) is 4.78. The van der Waals surface area contributed by atoms with Crippen molar-refractivity contribution in [2.45, 2.75) is 25.7 Å². The van der Waals surface area contributed by atoms with Gasteiger partial charge in [-0.2, -0.15) is 0 Å². The summed E-state index contributed by atoms with van der Waals surface area (Å²) in [6.45, 7) is 0. The topological polar surface area (TPSA) is 85.3 Å². The molecule has 1 aliphatic carbocycles. The number of hydrogen-bond donors (Lipinski definition) is 2. The molecule has 2 heterocycles. The Balaban J connectivity index is 1.75. The van der Waals surface area contributed by atoms with Gasteiger partial charge in [-0.1, -0.05) is 0 Å². The molecule has 0 aliphatic heterocycles. The minimum absolute atomic E-state index is 0.298. The van der Waals surface area contributed by atoms with Crippen LogP contribution in [0.2, 0.25) is 0 Å². The van der Waals surface area contributed by atoms with E-state index in [2.05, 4.69) is 5.32 Å². The molecule has 3 rings (SSSR count). The number of aryl methyl sites for hydroxylation is 2. The van der Waals surface area contributed by atoms with Crippen LogP contribution in [-0.2, 0) is 12.8 Å². The Kier molecular flexibility index (Phi) is 3.31. The summed E-state index contributed by atoms with van der Waals surface area (Å²) in [7, 11) is 0. The number of thiophene rings is 1. The average molecular weight is 290 g/mol. The van der Waals surface area contributed by atoms with Gasteiger partial charge in [-0.25, -0.2) is 0 Å². The van der Waals surface area contributed by atoms with Gasteiger partial charge >= 0.3 is 0 Å². The summed E-state index contributed by atoms with van der Waals surface area (Å²) in [4.78, 5) is 23.5. The quantitative estimate of drug-likeness (QED) is 0.911. The molecule has 2 aromatic rings. The van der Waals surface area contributed by atoms with E-state index in [4.69, 9.17) is 10.2 Å². The SMILES string of the molecule is NC(=O)c1cc(NC(=O)c2cc3c(o2)CCCC3)cs1. The molecule has 6 heteroatoms. The maximum absolute atomic E-state index is 12.1. The van der Waals surface area contributed by atoms with E-state index in [-0.39, 0.29) is 5.91 Å². The molecular weight excluding hydrogens is 276 g/mol. The molecule has 0 aromatic carbocycles. The molecule has 0 unspecified atom stereocenters. The number of furan rings is 1. The number of amides is 2. The number of anilines is 1. The van der Waals surface area contributed by atoms with Crippen LogP contribution in [0.5, 0.6) is 0 Å². The Morgan fingerprint density at radius 2 is 2.05 bits per heavy atom. The molecule has 2 amide bonds. The lowest BCUT2D eigenvalue weighted by Crippen LogP contribution is -2.11. The Labute approximate surface area is 119 Å². The van der Waals surface area contributed by atoms with Crippen molar-refractivity contribution in [3.8, 4) is 0 Å². The van der Waals surface area contributed by atoms with E-state index in [0.29, 0.717) is 16.3 Å². The summed E-state index contributed by atoms with van der Waals surface area (Å²) < 4.78 is 5.59. The highest BCUT2D eigenvalue weighted by Crippen LogP contribution is 2.26. The molecule has 3 N–H and O–H groups in total. The fraction of sp³-hybridized carbons (Fsp3) is 0.286. The van der Waals surface area contributed by atoms with E-state index in [0.717, 1.165) is 37.0 Å². The first-order valence-electron chi connectivity index (χ1n) is 6.45. The summed E-state index contributed by atoms with van der Waals surface area (Å²) in [5.74, 6) is 0.449. The van der Waals surface area contributed by atoms with Gasteiger partial charge in [-0.15, -0.1) is 11.3 Å². The summed E-state index contributed by atoms with van der Waals surface area (Å²) in [6, 6.07) is 3.37. The van der Waals surface area contributed by atoms with Gasteiger partial charge in [0.1, 0.15) is 5.76 Å². The lowest BCUT2D eigenvalue weighted by Gasteiger charge is -2.07. The maximum Gasteiger partial charge on any atom is 0.291 e. The average Bonchev–Trinajstić information content (AvgIpc) is 3.04. The van der Waals surface area contributed by atoms with Crippen LogP contribution >= 0.6 is 11.3 Å². The summed E-state index contributed by atoms with van der Waals surface area (Å²) >= 11 is 1.20. The van der Waals surface area contributed by atoms with Crippen molar-refractivity contribution in [3.05, 3.63) is 39.5 Å². The zero-order valence-corrected chi connectivity index (χ0v) is 11.6. The van der Waals surface area contributed by atoms with Crippen molar-refractivity contribution in [1.29, 1.82) is 0 Å². The van der Waals surface area contributed by atoms with E-state index in [9.17, 15) is 9.59 Å². The molecule has 104 valence electrons. The van der Waals surface area contributed by atoms with Crippen LogP contribution in [0.15, 0.2) is 21.9 Å². The number of fused-ring (bicyclic) bond motifs is 1. The van der Waals surface area contributed by atoms with E-state index in [1.807, 2.05) is 6.07 Å². The van der Waals surface area contributed by atoms with E-state index in [1.54, 1.807) is 11.4 Å². The van der Waals surface area contributed by atoms with Gasteiger partial charge < -0.3 is 15.5 Å². The lowest BCUT2D eigenvalue weighted by molar-refractivity contribution is 0.0989. The van der Waals surface area contributed by atoms with E-state index < -0.39 is 5.91 Å². The molecule has 0 saturated heterocycles. The van der Waals surface area contributed by atoms with Crippen LogP contribution in [0, 0.1) is 0 Å². The van der Waals surface area contributed by atoms with Crippen molar-refractivity contribution in [3.63, 3.8) is 0 Å². The smallest absolute Gasteiger partial charge is 0.291 e. The number of hydrogen-bond acceptors (Lipinski definition) is 4. The Morgan fingerprint density at radius 3 is 2.75 bits per heavy atom. The number of carbonyl (C=O) groups excluding carboxylic acids is 2. The number of rotatable bonds is 3. The Hall–Kier alpha value is -2.08. The number of nitrogens with two attached hydrogens (primary N) is 1. The van der Waals surface area contributed by atoms with Gasteiger partial charge in [-0.3, -0.25) is 9.59 Å². The van der Waals surface area contributed by atoms with Crippen molar-refractivity contribution < 1.29 is 14.0 Å². The van der Waals surface area contributed by atoms with Gasteiger partial charge in [0.25, 0.3) is 11.8 Å². The van der Waals surface area contributed by atoms with Crippen LogP contribution < -0.4 is 11.1 Å². The van der Waals surface area contributed by atoms with Crippen LogP contribution in [0.3, 0.4) is 0 Å². The number of nitrogens with one attached hydrogen (secondary N) is 1. The molecule has 0 spiro atoms. The molecule has 5 nitrogen and oxygen atoms in total. The molecule has 0 bridgehead atoms. The third-order valence-corrected chi connectivity index (χ3v) is 4.27. The molecule has 2 aromatic heterocycles. The van der Waals surface area contributed by atoms with Crippen molar-refractivity contribution in [2.75, 3.05) is 5.32 Å². The minimum atomic E-state index is -0.496. The molecule has 0 fully saturated rings. The molecular formula is C14H14N2O3S. The zero-order chi connectivity index (χ0) is 14.1. The van der Waals surface area contributed by atoms with Gasteiger partial charge in [0.05, 0.1) is 10.6 Å². The van der Waals surface area contributed by atoms with Crippen LogP contribution in [0.4, 0.5) is 5.69 Å². The highest BCUT2D eigenvalue weighted by molar-refractivity contribution is 7.12. The Bertz CT molecular complexity index is 648. The number of carbonyl (C=O) groups is 2. The van der Waals surface area contributed by atoms with Crippen molar-refractivity contribution in [2.24, 2.45) is 5.73 Å². The zero-order valence-electron chi connectivity index (χ0n) is 10.8. The van der Waals surface area contributed by atoms with Crippen LogP contribution in [0.25, 0.3) is 0 Å². The monoisotopic (exact) mass is 290 g/mol. The molecule has 20 heavy (non-hydrogen) atoms. The molecule has 0 atom stereocenters. The Morgan fingerprint density at radius 1 is 1.25 bits per heavy atom. The fourth-order valence-corrected chi connectivity index (χ4v) is 3.02. The highest BCUT2D eigenvalue weighted by Gasteiger charge is 2.19. The first-order chi connectivity index (χ1) is 9.63. The fourth-order valence-electron chi connectivity index (χ4n) is 2.33. The normalized spacial score (nSPS) is 13.8. The van der Waals surface area contributed by atoms with Crippen LogP contribution in [0.1, 0.15) is 44.4 Å². The maximum atomic E-state index is 12.1. The standard InChI is InChI=1S/C14H14N2O3S/c15-13(17)12-6-9(7-20-12)16-14(18)11-5-8-3-1-2-4-10(8)19-11/h5-7H,1-4H2,(H2,15,17)(H,16,18). The largest absolute Gasteiger partial charge is 0.456 e. The summed E-state index contributed by atoms with van der Waals surface area (Å²) in [5.41, 5.74) is 6.86. The second-order valence-corrected chi connectivity index (χ2v) is 5.70. The number of primary amides is 1. The highest BCUT2D eigenvalue weighted by atomic mass is 32.1. The van der Waals surface area contributed by atoms with Gasteiger partial charge in [0.2, 0.25) is 0 Å². The third-order valence-electron chi connectivity index (χ3n) is 3.32. The predicted octanol–water partition coefficient (Wildman–Crippen LogP) is 2.57. The minimum Gasteiger partial charge on any atom is -0.456 e. The van der Waals surface area contributed by atoms with Gasteiger partial charge in [0.15, 0.2) is 5.76 Å². The van der Waals surface area contributed by atoms with Crippen molar-refractivity contribution in [1.82, 2.24) is 0 Å².